The molecule has 0 radical (unpaired) electrons. The highest BCUT2D eigenvalue weighted by molar-refractivity contribution is 5.28. The van der Waals surface area contributed by atoms with Crippen molar-refractivity contribution in [2.45, 2.75) is 64.0 Å². The summed E-state index contributed by atoms with van der Waals surface area (Å²) in [6, 6.07) is 2.16. The Morgan fingerprint density at radius 2 is 2.14 bits per heavy atom. The Hall–Kier alpha value is -1.85. The van der Waals surface area contributed by atoms with Gasteiger partial charge in [-0.2, -0.15) is 0 Å². The number of nitrogens with zero attached hydrogens (tertiary/aromatic N) is 1. The monoisotopic (exact) mass is 397 g/mol. The number of methoxy groups -OCH3 is 1. The first-order valence-electron chi connectivity index (χ1n) is 11.1. The first-order valence-corrected chi connectivity index (χ1v) is 11.1. The van der Waals surface area contributed by atoms with Gasteiger partial charge in [-0.3, -0.25) is 0 Å². The molecular formula is C24H35N3O2. The van der Waals surface area contributed by atoms with E-state index in [4.69, 9.17) is 9.47 Å². The van der Waals surface area contributed by atoms with Gasteiger partial charge in [0.1, 0.15) is 0 Å². The third kappa shape index (κ3) is 4.51. The highest BCUT2D eigenvalue weighted by Crippen LogP contribution is 2.51. The van der Waals surface area contributed by atoms with Gasteiger partial charge in [-0.05, 0) is 63.3 Å². The second-order valence-electron chi connectivity index (χ2n) is 8.93. The van der Waals surface area contributed by atoms with Gasteiger partial charge >= 0.3 is 0 Å². The number of hydrogen-bond donors (Lipinski definition) is 2. The van der Waals surface area contributed by atoms with E-state index < -0.39 is 0 Å². The second kappa shape index (κ2) is 8.88. The lowest BCUT2D eigenvalue weighted by molar-refractivity contribution is -0.116. The molecule has 4 rings (SSSR count). The van der Waals surface area contributed by atoms with E-state index in [1.165, 1.54) is 36.9 Å². The Balaban J connectivity index is 1.41. The lowest BCUT2D eigenvalue weighted by Gasteiger charge is -2.48. The van der Waals surface area contributed by atoms with Gasteiger partial charge in [0.2, 0.25) is 5.88 Å². The molecule has 0 bridgehead atoms. The third-order valence-electron chi connectivity index (χ3n) is 6.93. The van der Waals surface area contributed by atoms with Gasteiger partial charge < -0.3 is 20.1 Å². The molecule has 1 aromatic heterocycles. The van der Waals surface area contributed by atoms with Crippen molar-refractivity contribution < 1.29 is 9.47 Å². The van der Waals surface area contributed by atoms with E-state index in [0.717, 1.165) is 51.1 Å². The Morgan fingerprint density at radius 3 is 2.86 bits per heavy atom. The van der Waals surface area contributed by atoms with Crippen LogP contribution in [-0.4, -0.2) is 37.4 Å². The lowest BCUT2D eigenvalue weighted by Crippen LogP contribution is -2.48. The molecule has 0 unspecified atom stereocenters. The van der Waals surface area contributed by atoms with Gasteiger partial charge in [-0.25, -0.2) is 4.98 Å². The Kier molecular flexibility index (Phi) is 6.26. The lowest BCUT2D eigenvalue weighted by atomic mass is 9.67. The minimum Gasteiger partial charge on any atom is -0.481 e. The van der Waals surface area contributed by atoms with E-state index in [0.29, 0.717) is 5.88 Å². The number of nitrogens with one attached hydrogen (secondary N) is 2. The van der Waals surface area contributed by atoms with Crippen molar-refractivity contribution in [3.63, 3.8) is 0 Å². The van der Waals surface area contributed by atoms with Crippen LogP contribution in [0.2, 0.25) is 0 Å². The van der Waals surface area contributed by atoms with Gasteiger partial charge in [0.25, 0.3) is 0 Å². The number of allylic oxidation sites excluding steroid dienone is 3. The number of aryl methyl sites for hydroxylation is 1. The predicted octanol–water partition coefficient (Wildman–Crippen LogP) is 4.03. The zero-order valence-corrected chi connectivity index (χ0v) is 17.9. The zero-order valence-electron chi connectivity index (χ0n) is 17.9. The Morgan fingerprint density at radius 1 is 1.28 bits per heavy atom. The SMILES string of the molecule is COc1ncc(CNCC[C@@]2(C3=CC=CCN3)CCOC3(CCCC3)C2)cc1C. The average Bonchev–Trinajstić information content (AvgIpc) is 3.19. The summed E-state index contributed by atoms with van der Waals surface area (Å²) < 4.78 is 11.6. The molecule has 5 nitrogen and oxygen atoms in total. The maximum Gasteiger partial charge on any atom is 0.215 e. The summed E-state index contributed by atoms with van der Waals surface area (Å²) in [5, 5.41) is 7.34. The van der Waals surface area contributed by atoms with Crippen LogP contribution in [0.15, 0.2) is 36.2 Å². The molecule has 0 aromatic carbocycles. The molecule has 1 aliphatic carbocycles. The number of dihydropyridines is 1. The molecule has 2 aliphatic heterocycles. The molecule has 29 heavy (non-hydrogen) atoms. The average molecular weight is 398 g/mol. The number of rotatable bonds is 7. The highest BCUT2D eigenvalue weighted by Gasteiger charge is 2.48. The number of hydrogen-bond acceptors (Lipinski definition) is 5. The molecule has 1 aromatic rings. The van der Waals surface area contributed by atoms with Gasteiger partial charge in [0, 0.05) is 42.6 Å². The van der Waals surface area contributed by atoms with Gasteiger partial charge in [-0.1, -0.05) is 25.0 Å². The molecule has 1 saturated heterocycles. The van der Waals surface area contributed by atoms with Crippen LogP contribution in [0, 0.1) is 12.3 Å². The maximum absolute atomic E-state index is 6.37. The van der Waals surface area contributed by atoms with Gasteiger partial charge in [0.05, 0.1) is 12.7 Å². The van der Waals surface area contributed by atoms with Crippen LogP contribution in [0.4, 0.5) is 0 Å². The topological polar surface area (TPSA) is 55.4 Å². The van der Waals surface area contributed by atoms with Gasteiger partial charge in [0.15, 0.2) is 0 Å². The molecule has 1 atom stereocenters. The molecule has 1 saturated carbocycles. The molecule has 2 fully saturated rings. The van der Waals surface area contributed by atoms with Crippen LogP contribution in [0.25, 0.3) is 0 Å². The molecular weight excluding hydrogens is 362 g/mol. The maximum atomic E-state index is 6.37. The first kappa shape index (κ1) is 20.4. The van der Waals surface area contributed by atoms with Crippen molar-refractivity contribution in [1.29, 1.82) is 0 Å². The van der Waals surface area contributed by atoms with Crippen LogP contribution >= 0.6 is 0 Å². The predicted molar refractivity (Wildman–Crippen MR) is 116 cm³/mol. The van der Waals surface area contributed by atoms with Crippen molar-refractivity contribution in [2.75, 3.05) is 26.8 Å². The fourth-order valence-electron chi connectivity index (χ4n) is 5.45. The van der Waals surface area contributed by atoms with Crippen LogP contribution in [0.1, 0.15) is 56.1 Å². The summed E-state index contributed by atoms with van der Waals surface area (Å²) >= 11 is 0. The van der Waals surface area contributed by atoms with Crippen molar-refractivity contribution in [3.05, 3.63) is 47.3 Å². The smallest absolute Gasteiger partial charge is 0.215 e. The van der Waals surface area contributed by atoms with Crippen molar-refractivity contribution in [3.8, 4) is 5.88 Å². The van der Waals surface area contributed by atoms with E-state index in [9.17, 15) is 0 Å². The van der Waals surface area contributed by atoms with E-state index in [-0.39, 0.29) is 11.0 Å². The van der Waals surface area contributed by atoms with Crippen molar-refractivity contribution >= 4 is 0 Å². The van der Waals surface area contributed by atoms with E-state index >= 15 is 0 Å². The van der Waals surface area contributed by atoms with E-state index in [2.05, 4.69) is 39.9 Å². The van der Waals surface area contributed by atoms with Crippen LogP contribution in [0.3, 0.4) is 0 Å². The highest BCUT2D eigenvalue weighted by atomic mass is 16.5. The Labute approximate surface area is 175 Å². The summed E-state index contributed by atoms with van der Waals surface area (Å²) in [7, 11) is 1.67. The summed E-state index contributed by atoms with van der Waals surface area (Å²) in [6.07, 6.45) is 17.1. The minimum atomic E-state index is 0.110. The quantitative estimate of drug-likeness (QED) is 0.681. The molecule has 0 amide bonds. The number of pyridine rings is 1. The van der Waals surface area contributed by atoms with Crippen LogP contribution in [0.5, 0.6) is 5.88 Å². The van der Waals surface area contributed by atoms with E-state index in [1.54, 1.807) is 7.11 Å². The fourth-order valence-corrected chi connectivity index (χ4v) is 5.45. The van der Waals surface area contributed by atoms with Crippen molar-refractivity contribution in [1.82, 2.24) is 15.6 Å². The Bertz CT molecular complexity index is 767. The molecule has 1 spiro atoms. The second-order valence-corrected chi connectivity index (χ2v) is 8.93. The summed E-state index contributed by atoms with van der Waals surface area (Å²) in [6.45, 7) is 5.68. The summed E-state index contributed by atoms with van der Waals surface area (Å²) in [4.78, 5) is 4.40. The van der Waals surface area contributed by atoms with Crippen LogP contribution in [-0.2, 0) is 11.3 Å². The molecule has 2 N–H and O–H groups in total. The number of aromatic nitrogens is 1. The minimum absolute atomic E-state index is 0.110. The largest absolute Gasteiger partial charge is 0.481 e. The summed E-state index contributed by atoms with van der Waals surface area (Å²) in [5.74, 6) is 0.708. The standard InChI is InChI=1S/C24H35N3O2/c1-19-15-20(17-27-22(19)28-2)16-25-13-10-23(21-7-3-6-12-26-21)11-14-29-24(18-23)8-4-5-9-24/h3,6-7,15,17,25-26H,4-5,8-14,16,18H2,1-2H3/t23-/m1/s1. The molecule has 3 heterocycles. The summed E-state index contributed by atoms with van der Waals surface area (Å²) in [5.41, 5.74) is 4.00. The van der Waals surface area contributed by atoms with Gasteiger partial charge in [-0.15, -0.1) is 0 Å². The molecule has 158 valence electrons. The normalized spacial score (nSPS) is 25.7. The zero-order chi connectivity index (χ0) is 20.2. The van der Waals surface area contributed by atoms with Crippen molar-refractivity contribution in [2.24, 2.45) is 5.41 Å². The first-order chi connectivity index (χ1) is 14.1. The number of ether oxygens (including phenoxy) is 2. The van der Waals surface area contributed by atoms with Crippen LogP contribution < -0.4 is 15.4 Å². The fraction of sp³-hybridized carbons (Fsp3) is 0.625. The molecule has 3 aliphatic rings. The third-order valence-corrected chi connectivity index (χ3v) is 6.93. The molecule has 5 heteroatoms. The van der Waals surface area contributed by atoms with E-state index in [1.807, 2.05) is 13.1 Å².